The Hall–Kier alpha value is -1.47. The van der Waals surface area contributed by atoms with Crippen molar-refractivity contribution >= 4 is 17.7 Å². The monoisotopic (exact) mass is 233 g/mol. The Morgan fingerprint density at radius 3 is 3.00 bits per heavy atom. The summed E-state index contributed by atoms with van der Waals surface area (Å²) in [6.07, 6.45) is 0.495. The molecule has 3 nitrogen and oxygen atoms in total. The van der Waals surface area contributed by atoms with Crippen LogP contribution in [0.3, 0.4) is 0 Å². The Labute approximate surface area is 98.4 Å². The fourth-order valence-corrected chi connectivity index (χ4v) is 2.81. The van der Waals surface area contributed by atoms with Gasteiger partial charge in [-0.15, -0.1) is 0 Å². The van der Waals surface area contributed by atoms with Crippen LogP contribution < -0.4 is 0 Å². The van der Waals surface area contributed by atoms with Crippen molar-refractivity contribution in [2.24, 2.45) is 0 Å². The lowest BCUT2D eigenvalue weighted by Gasteiger charge is -2.16. The minimum absolute atomic E-state index is 0.0508. The normalized spacial score (nSPS) is 22.2. The molecule has 0 aromatic heterocycles. The molecule has 4 heteroatoms. The minimum atomic E-state index is -0.290. The van der Waals surface area contributed by atoms with E-state index in [1.165, 1.54) is 12.5 Å². The van der Waals surface area contributed by atoms with Gasteiger partial charge in [0, 0.05) is 13.3 Å². The number of ether oxygens (including phenoxy) is 1. The summed E-state index contributed by atoms with van der Waals surface area (Å²) >= 11 is 1.16. The molecule has 0 spiro atoms. The zero-order valence-corrected chi connectivity index (χ0v) is 9.66. The molecule has 82 valence electrons. The fraction of sp³-hybridized carbons (Fsp3) is 0.333. The van der Waals surface area contributed by atoms with Crippen molar-refractivity contribution in [2.75, 3.05) is 0 Å². The Morgan fingerprint density at radius 2 is 2.31 bits per heavy atom. The van der Waals surface area contributed by atoms with Crippen molar-refractivity contribution in [2.45, 2.75) is 24.7 Å². The summed E-state index contributed by atoms with van der Waals surface area (Å²) in [4.78, 5) is 11.0. The summed E-state index contributed by atoms with van der Waals surface area (Å²) in [5, 5.41) is 10.8. The molecule has 0 radical (unpaired) electrons. The first kappa shape index (κ1) is 11.0. The van der Waals surface area contributed by atoms with Crippen LogP contribution in [0.25, 0.3) is 0 Å². The molecule has 0 N–H and O–H groups in total. The second-order valence-electron chi connectivity index (χ2n) is 3.68. The standard InChI is InChI=1S/C12H11NO2S/c1-8(14)15-11-6-9-4-2-3-5-10(9)12(11)16-7-13/h2-5,11-12H,6H2,1H3. The summed E-state index contributed by atoms with van der Waals surface area (Å²) in [5.41, 5.74) is 2.28. The van der Waals surface area contributed by atoms with E-state index in [1.807, 2.05) is 24.3 Å². The van der Waals surface area contributed by atoms with Crippen LogP contribution in [0, 0.1) is 10.7 Å². The molecule has 0 fully saturated rings. The molecule has 16 heavy (non-hydrogen) atoms. The number of carbonyl (C=O) groups excluding carboxylic acids is 1. The van der Waals surface area contributed by atoms with Gasteiger partial charge < -0.3 is 4.74 Å². The Morgan fingerprint density at radius 1 is 1.56 bits per heavy atom. The lowest BCUT2D eigenvalue weighted by molar-refractivity contribution is -0.145. The van der Waals surface area contributed by atoms with E-state index < -0.39 is 0 Å². The van der Waals surface area contributed by atoms with Crippen LogP contribution in [0.1, 0.15) is 23.3 Å². The maximum Gasteiger partial charge on any atom is 0.302 e. The van der Waals surface area contributed by atoms with Crippen LogP contribution in [-0.2, 0) is 16.0 Å². The summed E-state index contributed by atoms with van der Waals surface area (Å²) < 4.78 is 5.25. The number of hydrogen-bond acceptors (Lipinski definition) is 4. The van der Waals surface area contributed by atoms with Gasteiger partial charge in [0.1, 0.15) is 11.5 Å². The molecule has 2 rings (SSSR count). The van der Waals surface area contributed by atoms with E-state index in [1.54, 1.807) is 0 Å². The minimum Gasteiger partial charge on any atom is -0.461 e. The maximum atomic E-state index is 11.0. The smallest absolute Gasteiger partial charge is 0.302 e. The first-order valence-corrected chi connectivity index (χ1v) is 5.90. The predicted octanol–water partition coefficient (Wildman–Crippen LogP) is 2.43. The van der Waals surface area contributed by atoms with E-state index in [2.05, 4.69) is 5.40 Å². The topological polar surface area (TPSA) is 50.1 Å². The molecule has 1 aromatic rings. The predicted molar refractivity (Wildman–Crippen MR) is 61.6 cm³/mol. The number of nitriles is 1. The molecule has 0 saturated heterocycles. The molecular weight excluding hydrogens is 222 g/mol. The van der Waals surface area contributed by atoms with Gasteiger partial charge in [0.05, 0.1) is 5.25 Å². The quantitative estimate of drug-likeness (QED) is 0.581. The third-order valence-electron chi connectivity index (χ3n) is 2.62. The van der Waals surface area contributed by atoms with Gasteiger partial charge in [0.2, 0.25) is 0 Å². The molecule has 1 aromatic carbocycles. The van der Waals surface area contributed by atoms with E-state index >= 15 is 0 Å². The summed E-state index contributed by atoms with van der Waals surface area (Å²) in [6, 6.07) is 7.92. The number of nitrogens with zero attached hydrogens (tertiary/aromatic N) is 1. The second kappa shape index (κ2) is 4.58. The lowest BCUT2D eigenvalue weighted by atomic mass is 10.1. The van der Waals surface area contributed by atoms with Gasteiger partial charge >= 0.3 is 5.97 Å². The number of esters is 1. The fourth-order valence-electron chi connectivity index (χ4n) is 2.03. The average molecular weight is 233 g/mol. The van der Waals surface area contributed by atoms with Gasteiger partial charge in [-0.2, -0.15) is 5.26 Å². The number of carbonyl (C=O) groups is 1. The summed E-state index contributed by atoms with van der Waals surface area (Å²) in [6.45, 7) is 1.40. The molecule has 0 bridgehead atoms. The summed E-state index contributed by atoms with van der Waals surface area (Å²) in [5.74, 6) is -0.290. The van der Waals surface area contributed by atoms with Crippen LogP contribution in [0.4, 0.5) is 0 Å². The average Bonchev–Trinajstić information content (AvgIpc) is 2.57. The highest BCUT2D eigenvalue weighted by molar-refractivity contribution is 8.04. The van der Waals surface area contributed by atoms with Crippen molar-refractivity contribution in [3.8, 4) is 5.40 Å². The molecule has 0 saturated carbocycles. The Balaban J connectivity index is 2.26. The molecule has 2 atom stereocenters. The van der Waals surface area contributed by atoms with E-state index in [-0.39, 0.29) is 17.3 Å². The number of fused-ring (bicyclic) bond motifs is 1. The first-order chi connectivity index (χ1) is 7.72. The van der Waals surface area contributed by atoms with Crippen LogP contribution in [0.15, 0.2) is 24.3 Å². The number of thioether (sulfide) groups is 1. The van der Waals surface area contributed by atoms with Gasteiger partial charge in [0.25, 0.3) is 0 Å². The third kappa shape index (κ3) is 2.05. The van der Waals surface area contributed by atoms with Crippen LogP contribution in [0.5, 0.6) is 0 Å². The summed E-state index contributed by atoms with van der Waals surface area (Å²) in [7, 11) is 0. The van der Waals surface area contributed by atoms with Crippen LogP contribution >= 0.6 is 11.8 Å². The van der Waals surface area contributed by atoms with Crippen molar-refractivity contribution in [1.82, 2.24) is 0 Å². The molecule has 0 aliphatic heterocycles. The van der Waals surface area contributed by atoms with Crippen molar-refractivity contribution < 1.29 is 9.53 Å². The van der Waals surface area contributed by atoms with Gasteiger partial charge in [0.15, 0.2) is 0 Å². The molecule has 2 unspecified atom stereocenters. The molecule has 1 aliphatic carbocycles. The van der Waals surface area contributed by atoms with E-state index in [4.69, 9.17) is 10.00 Å². The van der Waals surface area contributed by atoms with E-state index in [0.29, 0.717) is 6.42 Å². The van der Waals surface area contributed by atoms with Crippen LogP contribution in [-0.4, -0.2) is 12.1 Å². The van der Waals surface area contributed by atoms with Crippen molar-refractivity contribution in [3.05, 3.63) is 35.4 Å². The lowest BCUT2D eigenvalue weighted by Crippen LogP contribution is -2.19. The van der Waals surface area contributed by atoms with E-state index in [0.717, 1.165) is 17.3 Å². The van der Waals surface area contributed by atoms with Crippen molar-refractivity contribution in [1.29, 1.82) is 5.26 Å². The molecule has 1 aliphatic rings. The van der Waals surface area contributed by atoms with Gasteiger partial charge in [-0.3, -0.25) is 4.79 Å². The van der Waals surface area contributed by atoms with E-state index in [9.17, 15) is 4.79 Å². The highest BCUT2D eigenvalue weighted by Gasteiger charge is 2.35. The van der Waals surface area contributed by atoms with Crippen molar-refractivity contribution in [3.63, 3.8) is 0 Å². The van der Waals surface area contributed by atoms with Crippen LogP contribution in [0.2, 0.25) is 0 Å². The first-order valence-electron chi connectivity index (χ1n) is 5.02. The SMILES string of the molecule is CC(=O)OC1Cc2ccccc2C1SC#N. The van der Waals surface area contributed by atoms with Gasteiger partial charge in [-0.05, 0) is 22.9 Å². The van der Waals surface area contributed by atoms with Gasteiger partial charge in [-0.25, -0.2) is 0 Å². The highest BCUT2D eigenvalue weighted by Crippen LogP contribution is 2.42. The van der Waals surface area contributed by atoms with Gasteiger partial charge in [-0.1, -0.05) is 24.3 Å². The highest BCUT2D eigenvalue weighted by atomic mass is 32.2. The zero-order chi connectivity index (χ0) is 11.5. The number of benzene rings is 1. The molecular formula is C12H11NO2S. The third-order valence-corrected chi connectivity index (χ3v) is 3.53. The molecule has 0 amide bonds. The largest absolute Gasteiger partial charge is 0.461 e. The second-order valence-corrected chi connectivity index (χ2v) is 4.61. The number of rotatable bonds is 2. The zero-order valence-electron chi connectivity index (χ0n) is 8.84. The number of hydrogen-bond donors (Lipinski definition) is 0. The molecule has 0 heterocycles. The number of thiocyanates is 1. The Bertz CT molecular complexity index is 453. The Kier molecular flexibility index (Phi) is 3.16. The maximum absolute atomic E-state index is 11.0.